The van der Waals surface area contributed by atoms with E-state index in [9.17, 15) is 9.90 Å². The van der Waals surface area contributed by atoms with Crippen molar-refractivity contribution in [2.24, 2.45) is 0 Å². The van der Waals surface area contributed by atoms with Crippen LogP contribution in [-0.4, -0.2) is 25.3 Å². The van der Waals surface area contributed by atoms with Crippen LogP contribution < -0.4 is 4.74 Å². The second kappa shape index (κ2) is 5.21. The molecule has 0 atom stereocenters. The highest BCUT2D eigenvalue weighted by molar-refractivity contribution is 5.92. The van der Waals surface area contributed by atoms with Gasteiger partial charge < -0.3 is 14.6 Å². The molecule has 0 aliphatic heterocycles. The molecule has 1 rings (SSSR count). The lowest BCUT2D eigenvalue weighted by molar-refractivity contribution is 0.0599. The van der Waals surface area contributed by atoms with Crippen LogP contribution in [0, 0.1) is 0 Å². The van der Waals surface area contributed by atoms with Crippen molar-refractivity contribution in [2.45, 2.75) is 6.42 Å². The molecule has 0 saturated carbocycles. The van der Waals surface area contributed by atoms with Crippen molar-refractivity contribution in [1.82, 2.24) is 0 Å². The zero-order valence-corrected chi connectivity index (χ0v) is 9.32. The number of esters is 1. The van der Waals surface area contributed by atoms with E-state index in [0.717, 1.165) is 0 Å². The number of phenols is 1. The van der Waals surface area contributed by atoms with Gasteiger partial charge in [-0.1, -0.05) is 6.08 Å². The first-order valence-electron chi connectivity index (χ1n) is 4.73. The first-order valence-corrected chi connectivity index (χ1v) is 4.73. The summed E-state index contributed by atoms with van der Waals surface area (Å²) in [6.45, 7) is 3.57. The van der Waals surface area contributed by atoms with Gasteiger partial charge in [0.1, 0.15) is 0 Å². The molecule has 0 amide bonds. The highest BCUT2D eigenvalue weighted by Gasteiger charge is 2.17. The quantitative estimate of drug-likeness (QED) is 0.624. The summed E-state index contributed by atoms with van der Waals surface area (Å²) >= 11 is 0. The van der Waals surface area contributed by atoms with Crippen LogP contribution in [0.1, 0.15) is 15.9 Å². The topological polar surface area (TPSA) is 55.8 Å². The Balaban J connectivity index is 3.33. The molecule has 16 heavy (non-hydrogen) atoms. The Hall–Kier alpha value is -1.97. The molecule has 0 aromatic heterocycles. The third kappa shape index (κ3) is 2.16. The van der Waals surface area contributed by atoms with E-state index in [-0.39, 0.29) is 5.75 Å². The molecule has 4 heteroatoms. The second-order valence-corrected chi connectivity index (χ2v) is 3.13. The molecule has 0 spiro atoms. The van der Waals surface area contributed by atoms with E-state index < -0.39 is 5.97 Å². The van der Waals surface area contributed by atoms with Crippen molar-refractivity contribution >= 4 is 5.97 Å². The molecular weight excluding hydrogens is 208 g/mol. The van der Waals surface area contributed by atoms with E-state index in [2.05, 4.69) is 11.3 Å². The van der Waals surface area contributed by atoms with Crippen molar-refractivity contribution in [3.05, 3.63) is 35.9 Å². The van der Waals surface area contributed by atoms with Gasteiger partial charge in [0.25, 0.3) is 0 Å². The summed E-state index contributed by atoms with van der Waals surface area (Å²) in [7, 11) is 2.74. The summed E-state index contributed by atoms with van der Waals surface area (Å²) in [6, 6.07) is 3.08. The number of phenolic OH excluding ortho intramolecular Hbond substituents is 1. The molecule has 0 fully saturated rings. The predicted molar refractivity (Wildman–Crippen MR) is 59.9 cm³/mol. The highest BCUT2D eigenvalue weighted by atomic mass is 16.5. The number of aromatic hydroxyl groups is 1. The van der Waals surface area contributed by atoms with Crippen molar-refractivity contribution in [1.29, 1.82) is 0 Å². The number of carbonyl (C=O) groups is 1. The van der Waals surface area contributed by atoms with Gasteiger partial charge in [0, 0.05) is 5.56 Å². The molecule has 0 heterocycles. The summed E-state index contributed by atoms with van der Waals surface area (Å²) in [5, 5.41) is 9.86. The zero-order valence-electron chi connectivity index (χ0n) is 9.32. The van der Waals surface area contributed by atoms with Crippen LogP contribution in [0.15, 0.2) is 24.8 Å². The second-order valence-electron chi connectivity index (χ2n) is 3.13. The van der Waals surface area contributed by atoms with Gasteiger partial charge >= 0.3 is 5.97 Å². The Morgan fingerprint density at radius 1 is 1.50 bits per heavy atom. The van der Waals surface area contributed by atoms with Crippen LogP contribution in [0.3, 0.4) is 0 Å². The summed E-state index contributed by atoms with van der Waals surface area (Å²) in [5.41, 5.74) is 0.780. The van der Waals surface area contributed by atoms with Gasteiger partial charge in [-0.05, 0) is 18.6 Å². The fourth-order valence-electron chi connectivity index (χ4n) is 1.43. The van der Waals surface area contributed by atoms with Crippen LogP contribution in [0.25, 0.3) is 0 Å². The number of methoxy groups -OCH3 is 2. The molecule has 1 aromatic rings. The summed E-state index contributed by atoms with van der Waals surface area (Å²) in [5.74, 6) is -0.218. The number of benzene rings is 1. The van der Waals surface area contributed by atoms with E-state index in [1.54, 1.807) is 12.1 Å². The minimum absolute atomic E-state index is 0.0506. The van der Waals surface area contributed by atoms with Gasteiger partial charge in [-0.25, -0.2) is 4.79 Å². The summed E-state index contributed by atoms with van der Waals surface area (Å²) in [4.78, 5) is 11.5. The Morgan fingerprint density at radius 2 is 2.19 bits per heavy atom. The number of allylic oxidation sites excluding steroid dienone is 1. The Bertz CT molecular complexity index is 410. The van der Waals surface area contributed by atoms with Gasteiger partial charge in [0.05, 0.1) is 19.8 Å². The monoisotopic (exact) mass is 222 g/mol. The summed E-state index contributed by atoms with van der Waals surface area (Å²) in [6.07, 6.45) is 1.97. The molecule has 0 unspecified atom stereocenters. The average molecular weight is 222 g/mol. The molecule has 0 bridgehead atoms. The smallest absolute Gasteiger partial charge is 0.338 e. The van der Waals surface area contributed by atoms with Crippen molar-refractivity contribution < 1.29 is 19.4 Å². The van der Waals surface area contributed by atoms with Gasteiger partial charge in [-0.2, -0.15) is 0 Å². The molecule has 0 aliphatic rings. The number of hydrogen-bond donors (Lipinski definition) is 1. The molecule has 0 saturated heterocycles. The molecule has 1 aromatic carbocycles. The molecule has 86 valence electrons. The van der Waals surface area contributed by atoms with Gasteiger partial charge in [0.2, 0.25) is 0 Å². The normalized spacial score (nSPS) is 9.62. The third-order valence-electron chi connectivity index (χ3n) is 2.22. The molecule has 0 aliphatic carbocycles. The van der Waals surface area contributed by atoms with Crippen molar-refractivity contribution in [3.63, 3.8) is 0 Å². The lowest BCUT2D eigenvalue weighted by atomic mass is 10.0. The van der Waals surface area contributed by atoms with Gasteiger partial charge in [0.15, 0.2) is 11.5 Å². The lowest BCUT2D eigenvalue weighted by Crippen LogP contribution is -2.06. The Morgan fingerprint density at radius 3 is 2.69 bits per heavy atom. The molecule has 1 N–H and O–H groups in total. The van der Waals surface area contributed by atoms with Crippen LogP contribution in [0.5, 0.6) is 11.5 Å². The van der Waals surface area contributed by atoms with Crippen molar-refractivity contribution in [2.75, 3.05) is 14.2 Å². The number of ether oxygens (including phenoxy) is 2. The Kier molecular flexibility index (Phi) is 3.94. The number of rotatable bonds is 4. The maximum atomic E-state index is 11.5. The van der Waals surface area contributed by atoms with Crippen LogP contribution in [0.2, 0.25) is 0 Å². The van der Waals surface area contributed by atoms with E-state index in [4.69, 9.17) is 4.74 Å². The van der Waals surface area contributed by atoms with Crippen LogP contribution in [-0.2, 0) is 11.2 Å². The number of hydrogen-bond acceptors (Lipinski definition) is 4. The summed E-state index contributed by atoms with van der Waals surface area (Å²) < 4.78 is 9.59. The van der Waals surface area contributed by atoms with Gasteiger partial charge in [-0.15, -0.1) is 6.58 Å². The van der Waals surface area contributed by atoms with E-state index in [0.29, 0.717) is 23.3 Å². The fourth-order valence-corrected chi connectivity index (χ4v) is 1.43. The predicted octanol–water partition coefficient (Wildman–Crippen LogP) is 1.92. The average Bonchev–Trinajstić information content (AvgIpc) is 2.31. The minimum atomic E-state index is -0.491. The first-order chi connectivity index (χ1) is 7.65. The van der Waals surface area contributed by atoms with E-state index >= 15 is 0 Å². The lowest BCUT2D eigenvalue weighted by Gasteiger charge is -2.11. The highest BCUT2D eigenvalue weighted by Crippen LogP contribution is 2.33. The molecule has 4 nitrogen and oxygen atoms in total. The standard InChI is InChI=1S/C12H14O4/c1-4-5-8-9(12(14)16-3)6-7-10(15-2)11(8)13/h4,6-7,13H,1,5H2,2-3H3. The largest absolute Gasteiger partial charge is 0.504 e. The van der Waals surface area contributed by atoms with E-state index in [1.807, 2.05) is 0 Å². The third-order valence-corrected chi connectivity index (χ3v) is 2.22. The first kappa shape index (κ1) is 12.1. The molecule has 0 radical (unpaired) electrons. The fraction of sp³-hybridized carbons (Fsp3) is 0.250. The van der Waals surface area contributed by atoms with Gasteiger partial charge in [-0.3, -0.25) is 0 Å². The zero-order chi connectivity index (χ0) is 12.1. The van der Waals surface area contributed by atoms with Crippen molar-refractivity contribution in [3.8, 4) is 11.5 Å². The Labute approximate surface area is 94.1 Å². The van der Waals surface area contributed by atoms with Crippen LogP contribution >= 0.6 is 0 Å². The molecular formula is C12H14O4. The maximum Gasteiger partial charge on any atom is 0.338 e. The van der Waals surface area contributed by atoms with Crippen LogP contribution in [0.4, 0.5) is 0 Å². The minimum Gasteiger partial charge on any atom is -0.504 e. The van der Waals surface area contributed by atoms with E-state index in [1.165, 1.54) is 20.3 Å². The number of carbonyl (C=O) groups excluding carboxylic acids is 1. The SMILES string of the molecule is C=CCc1c(C(=O)OC)ccc(OC)c1O. The maximum absolute atomic E-state index is 11.5.